The van der Waals surface area contributed by atoms with Gasteiger partial charge in [-0.05, 0) is 48.9 Å². The number of aromatic nitrogens is 1. The highest BCUT2D eigenvalue weighted by molar-refractivity contribution is 5.98. The Hall–Kier alpha value is -3.23. The zero-order valence-electron chi connectivity index (χ0n) is 17.1. The topological polar surface area (TPSA) is 119 Å². The summed E-state index contributed by atoms with van der Waals surface area (Å²) in [6.07, 6.45) is 0.104. The lowest BCUT2D eigenvalue weighted by molar-refractivity contribution is 0.0996. The fourth-order valence-electron chi connectivity index (χ4n) is 3.17. The van der Waals surface area contributed by atoms with Crippen molar-refractivity contribution in [3.63, 3.8) is 0 Å². The molecule has 1 amide bonds. The van der Waals surface area contributed by atoms with Gasteiger partial charge in [0.2, 0.25) is 0 Å². The van der Waals surface area contributed by atoms with Crippen LogP contribution in [0.25, 0.3) is 10.9 Å². The van der Waals surface area contributed by atoms with E-state index in [0.29, 0.717) is 36.0 Å². The lowest BCUT2D eigenvalue weighted by Crippen LogP contribution is -2.32. The summed E-state index contributed by atoms with van der Waals surface area (Å²) in [6, 6.07) is 12.9. The number of amides is 1. The maximum absolute atomic E-state index is 11.4. The molecule has 0 fully saturated rings. The number of benzene rings is 2. The van der Waals surface area contributed by atoms with Crippen LogP contribution in [-0.4, -0.2) is 56.0 Å². The van der Waals surface area contributed by atoms with Gasteiger partial charge in [-0.3, -0.25) is 4.79 Å². The second kappa shape index (κ2) is 10.00. The number of rotatable bonds is 11. The summed E-state index contributed by atoms with van der Waals surface area (Å²) < 4.78 is 16.3. The zero-order valence-corrected chi connectivity index (χ0v) is 17.1. The van der Waals surface area contributed by atoms with Crippen LogP contribution in [0.3, 0.4) is 0 Å². The lowest BCUT2D eigenvalue weighted by Gasteiger charge is -2.14. The average molecular weight is 413 g/mol. The molecule has 3 aromatic rings. The summed E-state index contributed by atoms with van der Waals surface area (Å²) in [5.41, 5.74) is 7.50. The van der Waals surface area contributed by atoms with Gasteiger partial charge in [0.25, 0.3) is 5.91 Å². The molecule has 1 heterocycles. The first-order valence-electron chi connectivity index (χ1n) is 9.66. The Kier molecular flexibility index (Phi) is 7.16. The average Bonchev–Trinajstić information content (AvgIpc) is 3.20. The lowest BCUT2D eigenvalue weighted by atomic mass is 10.1. The van der Waals surface area contributed by atoms with E-state index in [1.165, 1.54) is 0 Å². The van der Waals surface area contributed by atoms with Gasteiger partial charge in [-0.2, -0.15) is 0 Å². The molecule has 5 N–H and O–H groups in total. The number of ether oxygens (including phenoxy) is 3. The van der Waals surface area contributed by atoms with Gasteiger partial charge in [0.15, 0.2) is 11.5 Å². The number of nitrogens with one attached hydrogen (secondary N) is 2. The van der Waals surface area contributed by atoms with Crippen molar-refractivity contribution in [3.8, 4) is 17.2 Å². The summed E-state index contributed by atoms with van der Waals surface area (Å²) in [7, 11) is 3.22. The third-order valence-electron chi connectivity index (χ3n) is 4.74. The van der Waals surface area contributed by atoms with Gasteiger partial charge in [-0.15, -0.1) is 0 Å². The monoisotopic (exact) mass is 413 g/mol. The van der Waals surface area contributed by atoms with Crippen molar-refractivity contribution in [2.45, 2.75) is 12.5 Å². The fraction of sp³-hybridized carbons (Fsp3) is 0.318. The van der Waals surface area contributed by atoms with Crippen molar-refractivity contribution in [3.05, 3.63) is 53.7 Å². The number of hydrogen-bond donors (Lipinski definition) is 4. The van der Waals surface area contributed by atoms with Gasteiger partial charge < -0.3 is 35.4 Å². The van der Waals surface area contributed by atoms with Gasteiger partial charge in [-0.1, -0.05) is 12.1 Å². The van der Waals surface area contributed by atoms with E-state index in [9.17, 15) is 9.90 Å². The smallest absolute Gasteiger partial charge is 0.265 e. The number of fused-ring (bicyclic) bond motifs is 1. The summed E-state index contributed by atoms with van der Waals surface area (Å²) in [5, 5.41) is 14.2. The second-order valence-electron chi connectivity index (χ2n) is 6.87. The van der Waals surface area contributed by atoms with Crippen molar-refractivity contribution in [1.29, 1.82) is 0 Å². The molecule has 160 valence electrons. The number of aromatic amines is 1. The predicted octanol–water partition coefficient (Wildman–Crippen LogP) is 1.86. The number of aliphatic hydroxyl groups is 1. The van der Waals surface area contributed by atoms with Crippen LogP contribution >= 0.6 is 0 Å². The zero-order chi connectivity index (χ0) is 21.5. The molecule has 0 radical (unpaired) electrons. The Bertz CT molecular complexity index is 1000. The van der Waals surface area contributed by atoms with Crippen molar-refractivity contribution in [2.24, 2.45) is 5.73 Å². The Labute approximate surface area is 174 Å². The highest BCUT2D eigenvalue weighted by atomic mass is 16.5. The van der Waals surface area contributed by atoms with Crippen LogP contribution in [0.15, 0.2) is 42.5 Å². The van der Waals surface area contributed by atoms with Crippen LogP contribution in [0.4, 0.5) is 0 Å². The minimum Gasteiger partial charge on any atom is -0.493 e. The molecule has 2 aromatic carbocycles. The molecule has 0 aliphatic rings. The van der Waals surface area contributed by atoms with E-state index in [1.54, 1.807) is 26.4 Å². The number of carbonyl (C=O) groups is 1. The van der Waals surface area contributed by atoms with Gasteiger partial charge in [-0.25, -0.2) is 0 Å². The number of nitrogens with two attached hydrogens (primary N) is 1. The van der Waals surface area contributed by atoms with E-state index < -0.39 is 12.0 Å². The molecule has 0 spiro atoms. The normalized spacial score (nSPS) is 12.0. The summed E-state index contributed by atoms with van der Waals surface area (Å²) in [4.78, 5) is 14.3. The van der Waals surface area contributed by atoms with Gasteiger partial charge >= 0.3 is 0 Å². The second-order valence-corrected chi connectivity index (χ2v) is 6.87. The third kappa shape index (κ3) is 5.22. The van der Waals surface area contributed by atoms with Crippen molar-refractivity contribution in [2.75, 3.05) is 33.9 Å². The van der Waals surface area contributed by atoms with E-state index in [-0.39, 0.29) is 6.61 Å². The number of methoxy groups -OCH3 is 2. The predicted molar refractivity (Wildman–Crippen MR) is 114 cm³/mol. The van der Waals surface area contributed by atoms with Crippen molar-refractivity contribution in [1.82, 2.24) is 10.3 Å². The molecular weight excluding hydrogens is 386 g/mol. The summed E-state index contributed by atoms with van der Waals surface area (Å²) in [5.74, 6) is 1.44. The van der Waals surface area contributed by atoms with E-state index in [0.717, 1.165) is 22.9 Å². The largest absolute Gasteiger partial charge is 0.493 e. The molecule has 0 bridgehead atoms. The van der Waals surface area contributed by atoms with Crippen molar-refractivity contribution < 1.29 is 24.1 Å². The highest BCUT2D eigenvalue weighted by Crippen LogP contribution is 2.28. The number of primary amides is 1. The Morgan fingerprint density at radius 2 is 1.93 bits per heavy atom. The number of hydrogen-bond acceptors (Lipinski definition) is 6. The van der Waals surface area contributed by atoms with Crippen LogP contribution in [0.1, 0.15) is 16.1 Å². The molecule has 1 unspecified atom stereocenters. The van der Waals surface area contributed by atoms with Crippen LogP contribution < -0.4 is 25.3 Å². The van der Waals surface area contributed by atoms with E-state index in [1.807, 2.05) is 30.3 Å². The van der Waals surface area contributed by atoms with Crippen LogP contribution in [-0.2, 0) is 6.42 Å². The Morgan fingerprint density at radius 3 is 2.67 bits per heavy atom. The highest BCUT2D eigenvalue weighted by Gasteiger charge is 2.11. The first kappa shape index (κ1) is 21.5. The molecule has 3 rings (SSSR count). The van der Waals surface area contributed by atoms with E-state index in [4.69, 9.17) is 19.9 Å². The fourth-order valence-corrected chi connectivity index (χ4v) is 3.17. The molecule has 0 saturated heterocycles. The van der Waals surface area contributed by atoms with Gasteiger partial charge in [0.1, 0.15) is 24.2 Å². The maximum Gasteiger partial charge on any atom is 0.265 e. The van der Waals surface area contributed by atoms with Crippen LogP contribution in [0, 0.1) is 0 Å². The quantitative estimate of drug-likeness (QED) is 0.356. The SMILES string of the molecule is COc1ccc(CCNCC(O)COc2cccc3[nH]c(C(N)=O)cc23)cc1OC. The van der Waals surface area contributed by atoms with Gasteiger partial charge in [0.05, 0.1) is 14.2 Å². The maximum atomic E-state index is 11.4. The number of H-pyrrole nitrogens is 1. The molecule has 30 heavy (non-hydrogen) atoms. The van der Waals surface area contributed by atoms with Crippen LogP contribution in [0.5, 0.6) is 17.2 Å². The van der Waals surface area contributed by atoms with E-state index >= 15 is 0 Å². The molecule has 8 heteroatoms. The molecule has 0 saturated carbocycles. The molecular formula is C22H27N3O5. The Morgan fingerprint density at radius 1 is 1.13 bits per heavy atom. The minimum atomic E-state index is -0.680. The Balaban J connectivity index is 1.46. The molecule has 0 aliphatic carbocycles. The molecule has 8 nitrogen and oxygen atoms in total. The van der Waals surface area contributed by atoms with Gasteiger partial charge in [0, 0.05) is 17.4 Å². The van der Waals surface area contributed by atoms with Crippen LogP contribution in [0.2, 0.25) is 0 Å². The molecule has 0 aliphatic heterocycles. The summed E-state index contributed by atoms with van der Waals surface area (Å²) >= 11 is 0. The molecule has 1 aromatic heterocycles. The first-order valence-corrected chi connectivity index (χ1v) is 9.66. The standard InChI is InChI=1S/C22H27N3O5/c1-28-20-7-6-14(10-21(20)29-2)8-9-24-12-15(26)13-30-19-5-3-4-17-16(19)11-18(25-17)22(23)27/h3-7,10-11,15,24-26H,8-9,12-13H2,1-2H3,(H2,23,27). The summed E-state index contributed by atoms with van der Waals surface area (Å²) in [6.45, 7) is 1.21. The molecule has 1 atom stereocenters. The minimum absolute atomic E-state index is 0.125. The number of aliphatic hydroxyl groups excluding tert-OH is 1. The van der Waals surface area contributed by atoms with Crippen molar-refractivity contribution >= 4 is 16.8 Å². The number of carbonyl (C=O) groups excluding carboxylic acids is 1. The van der Waals surface area contributed by atoms with E-state index in [2.05, 4.69) is 10.3 Å². The third-order valence-corrected chi connectivity index (χ3v) is 4.74. The first-order chi connectivity index (χ1) is 14.5.